The summed E-state index contributed by atoms with van der Waals surface area (Å²) in [5.41, 5.74) is 1.12. The molecule has 0 aliphatic carbocycles. The van der Waals surface area contributed by atoms with Crippen molar-refractivity contribution in [2.45, 2.75) is 77.6 Å². The van der Waals surface area contributed by atoms with E-state index in [-0.39, 0.29) is 11.8 Å². The highest BCUT2D eigenvalue weighted by Gasteiger charge is 2.17. The molecule has 1 atom stereocenters. The van der Waals surface area contributed by atoms with E-state index in [1.54, 1.807) is 0 Å². The standard InChI is InChI=1S/C20H33NO/c1-3-5-6-7-8-9-10-14-17-21-20(22)19(4-2)18-15-12-11-13-16-18/h11-13,15-16,19H,3-10,14,17H2,1-2H3,(H,21,22). The van der Waals surface area contributed by atoms with E-state index >= 15 is 0 Å². The monoisotopic (exact) mass is 303 g/mol. The molecule has 22 heavy (non-hydrogen) atoms. The molecule has 1 unspecified atom stereocenters. The van der Waals surface area contributed by atoms with Gasteiger partial charge in [0.1, 0.15) is 0 Å². The maximum atomic E-state index is 12.3. The molecule has 0 aliphatic rings. The van der Waals surface area contributed by atoms with Gasteiger partial charge < -0.3 is 5.32 Å². The molecule has 2 nitrogen and oxygen atoms in total. The molecule has 0 spiro atoms. The maximum absolute atomic E-state index is 12.3. The fourth-order valence-electron chi connectivity index (χ4n) is 2.85. The highest BCUT2D eigenvalue weighted by atomic mass is 16.1. The predicted octanol–water partition coefficient (Wildman–Crippen LogP) is 5.44. The highest BCUT2D eigenvalue weighted by Crippen LogP contribution is 2.19. The van der Waals surface area contributed by atoms with Crippen molar-refractivity contribution in [1.82, 2.24) is 5.32 Å². The Balaban J connectivity index is 2.12. The molecule has 1 aromatic rings. The average molecular weight is 303 g/mol. The fraction of sp³-hybridized carbons (Fsp3) is 0.650. The van der Waals surface area contributed by atoms with Gasteiger partial charge >= 0.3 is 0 Å². The van der Waals surface area contributed by atoms with Gasteiger partial charge in [-0.05, 0) is 18.4 Å². The Morgan fingerprint density at radius 2 is 1.50 bits per heavy atom. The summed E-state index contributed by atoms with van der Waals surface area (Å²) in [5, 5.41) is 3.10. The maximum Gasteiger partial charge on any atom is 0.227 e. The number of benzene rings is 1. The van der Waals surface area contributed by atoms with Crippen LogP contribution in [0.25, 0.3) is 0 Å². The smallest absolute Gasteiger partial charge is 0.227 e. The Hall–Kier alpha value is -1.31. The molecule has 124 valence electrons. The zero-order valence-electron chi connectivity index (χ0n) is 14.4. The lowest BCUT2D eigenvalue weighted by Gasteiger charge is -2.15. The first-order chi connectivity index (χ1) is 10.8. The van der Waals surface area contributed by atoms with E-state index in [0.717, 1.165) is 24.9 Å². The van der Waals surface area contributed by atoms with Crippen molar-refractivity contribution in [2.75, 3.05) is 6.54 Å². The van der Waals surface area contributed by atoms with Crippen LogP contribution in [0.1, 0.15) is 83.1 Å². The molecule has 2 heteroatoms. The van der Waals surface area contributed by atoms with Crippen LogP contribution in [0.3, 0.4) is 0 Å². The van der Waals surface area contributed by atoms with Crippen LogP contribution in [0.2, 0.25) is 0 Å². The average Bonchev–Trinajstić information content (AvgIpc) is 2.55. The largest absolute Gasteiger partial charge is 0.356 e. The lowest BCUT2D eigenvalue weighted by Crippen LogP contribution is -2.29. The van der Waals surface area contributed by atoms with Crippen LogP contribution in [0.4, 0.5) is 0 Å². The quantitative estimate of drug-likeness (QED) is 0.512. The number of hydrogen-bond acceptors (Lipinski definition) is 1. The van der Waals surface area contributed by atoms with E-state index in [9.17, 15) is 4.79 Å². The van der Waals surface area contributed by atoms with Gasteiger partial charge in [0, 0.05) is 6.54 Å². The Labute approximate surface area is 136 Å². The van der Waals surface area contributed by atoms with Crippen LogP contribution in [-0.4, -0.2) is 12.5 Å². The number of rotatable bonds is 12. The van der Waals surface area contributed by atoms with Crippen molar-refractivity contribution in [3.63, 3.8) is 0 Å². The van der Waals surface area contributed by atoms with Crippen LogP contribution < -0.4 is 5.32 Å². The van der Waals surface area contributed by atoms with Crippen LogP contribution in [-0.2, 0) is 4.79 Å². The van der Waals surface area contributed by atoms with E-state index in [2.05, 4.69) is 19.2 Å². The summed E-state index contributed by atoms with van der Waals surface area (Å²) >= 11 is 0. The number of hydrogen-bond donors (Lipinski definition) is 1. The van der Waals surface area contributed by atoms with E-state index in [1.165, 1.54) is 44.9 Å². The summed E-state index contributed by atoms with van der Waals surface area (Å²) < 4.78 is 0. The molecule has 0 aliphatic heterocycles. The van der Waals surface area contributed by atoms with Gasteiger partial charge in [0.15, 0.2) is 0 Å². The Morgan fingerprint density at radius 1 is 0.909 bits per heavy atom. The van der Waals surface area contributed by atoms with Crippen LogP contribution in [0.15, 0.2) is 30.3 Å². The molecule has 1 N–H and O–H groups in total. The van der Waals surface area contributed by atoms with Crippen molar-refractivity contribution < 1.29 is 4.79 Å². The van der Waals surface area contributed by atoms with Crippen LogP contribution in [0.5, 0.6) is 0 Å². The van der Waals surface area contributed by atoms with E-state index < -0.39 is 0 Å². The Bertz CT molecular complexity index is 388. The van der Waals surface area contributed by atoms with Crippen molar-refractivity contribution in [1.29, 1.82) is 0 Å². The predicted molar refractivity (Wildman–Crippen MR) is 95.1 cm³/mol. The molecule has 1 amide bonds. The summed E-state index contributed by atoms with van der Waals surface area (Å²) in [4.78, 5) is 12.3. The Kier molecular flexibility index (Phi) is 10.4. The number of unbranched alkanes of at least 4 members (excludes halogenated alkanes) is 7. The third kappa shape index (κ3) is 7.63. The molecule has 0 saturated carbocycles. The van der Waals surface area contributed by atoms with E-state index in [1.807, 2.05) is 30.3 Å². The van der Waals surface area contributed by atoms with Gasteiger partial charge in [0.2, 0.25) is 5.91 Å². The topological polar surface area (TPSA) is 29.1 Å². The molecular formula is C20H33NO. The normalized spacial score (nSPS) is 12.1. The van der Waals surface area contributed by atoms with Gasteiger partial charge in [-0.2, -0.15) is 0 Å². The molecule has 1 rings (SSSR count). The lowest BCUT2D eigenvalue weighted by atomic mass is 9.95. The van der Waals surface area contributed by atoms with Crippen molar-refractivity contribution >= 4 is 5.91 Å². The molecule has 0 bridgehead atoms. The van der Waals surface area contributed by atoms with Crippen LogP contribution in [0, 0.1) is 0 Å². The SMILES string of the molecule is CCCCCCCCCCNC(=O)C(CC)c1ccccc1. The minimum Gasteiger partial charge on any atom is -0.356 e. The third-order valence-electron chi connectivity index (χ3n) is 4.26. The first-order valence-corrected chi connectivity index (χ1v) is 9.12. The number of nitrogens with one attached hydrogen (secondary N) is 1. The molecule has 1 aromatic carbocycles. The van der Waals surface area contributed by atoms with Crippen LogP contribution >= 0.6 is 0 Å². The molecule has 0 fully saturated rings. The minimum absolute atomic E-state index is 0.00440. The van der Waals surface area contributed by atoms with Crippen molar-refractivity contribution in [3.05, 3.63) is 35.9 Å². The fourth-order valence-corrected chi connectivity index (χ4v) is 2.85. The minimum atomic E-state index is -0.00440. The second kappa shape index (κ2) is 12.3. The van der Waals surface area contributed by atoms with Gasteiger partial charge in [-0.3, -0.25) is 4.79 Å². The molecule has 0 saturated heterocycles. The molecule has 0 radical (unpaired) electrons. The van der Waals surface area contributed by atoms with Gasteiger partial charge in [0.25, 0.3) is 0 Å². The molecular weight excluding hydrogens is 270 g/mol. The summed E-state index contributed by atoms with van der Waals surface area (Å²) in [5.74, 6) is 0.173. The van der Waals surface area contributed by atoms with Gasteiger partial charge in [-0.25, -0.2) is 0 Å². The lowest BCUT2D eigenvalue weighted by molar-refractivity contribution is -0.122. The number of amides is 1. The van der Waals surface area contributed by atoms with Gasteiger partial charge in [0.05, 0.1) is 5.92 Å². The zero-order chi connectivity index (χ0) is 16.0. The molecule has 0 aromatic heterocycles. The van der Waals surface area contributed by atoms with Crippen molar-refractivity contribution in [2.24, 2.45) is 0 Å². The third-order valence-corrected chi connectivity index (χ3v) is 4.26. The highest BCUT2D eigenvalue weighted by molar-refractivity contribution is 5.83. The first kappa shape index (κ1) is 18.7. The second-order valence-corrected chi connectivity index (χ2v) is 6.14. The summed E-state index contributed by atoms with van der Waals surface area (Å²) in [7, 11) is 0. The van der Waals surface area contributed by atoms with E-state index in [4.69, 9.17) is 0 Å². The molecule has 0 heterocycles. The Morgan fingerprint density at radius 3 is 2.09 bits per heavy atom. The van der Waals surface area contributed by atoms with Gasteiger partial charge in [-0.1, -0.05) is 89.1 Å². The zero-order valence-corrected chi connectivity index (χ0v) is 14.4. The summed E-state index contributed by atoms with van der Waals surface area (Å²) in [6.45, 7) is 5.15. The number of carbonyl (C=O) groups excluding carboxylic acids is 1. The summed E-state index contributed by atoms with van der Waals surface area (Å²) in [6.07, 6.45) is 11.3. The number of carbonyl (C=O) groups is 1. The van der Waals surface area contributed by atoms with E-state index in [0.29, 0.717) is 0 Å². The second-order valence-electron chi connectivity index (χ2n) is 6.14. The van der Waals surface area contributed by atoms with Crippen molar-refractivity contribution in [3.8, 4) is 0 Å². The van der Waals surface area contributed by atoms with Gasteiger partial charge in [-0.15, -0.1) is 0 Å². The first-order valence-electron chi connectivity index (χ1n) is 9.12. The summed E-state index contributed by atoms with van der Waals surface area (Å²) in [6, 6.07) is 10.1.